The summed E-state index contributed by atoms with van der Waals surface area (Å²) in [6, 6.07) is 7.42. The number of aliphatic hydroxyl groups is 2. The van der Waals surface area contributed by atoms with E-state index in [0.29, 0.717) is 12.1 Å². The lowest BCUT2D eigenvalue weighted by atomic mass is 10.0. The van der Waals surface area contributed by atoms with Crippen molar-refractivity contribution in [2.75, 3.05) is 13.6 Å². The Morgan fingerprint density at radius 2 is 1.88 bits per heavy atom. The number of likely N-dealkylation sites (N-methyl/N-ethyl adjacent to an activating group) is 1. The second-order valence-corrected chi connectivity index (χ2v) is 3.97. The summed E-state index contributed by atoms with van der Waals surface area (Å²) in [4.78, 5) is 0. The van der Waals surface area contributed by atoms with Crippen LogP contribution in [0.2, 0.25) is 0 Å². The third-order valence-electron chi connectivity index (χ3n) is 2.52. The highest BCUT2D eigenvalue weighted by molar-refractivity contribution is 5.61. The molecule has 0 amide bonds. The lowest BCUT2D eigenvalue weighted by molar-refractivity contribution is 0.0202. The first-order chi connectivity index (χ1) is 7.56. The monoisotopic (exact) mass is 221 g/mol. The number of allylic oxidation sites excluding steroid dienone is 1. The molecule has 2 unspecified atom stereocenters. The minimum absolute atomic E-state index is 0.364. The van der Waals surface area contributed by atoms with Crippen LogP contribution < -0.4 is 5.32 Å². The molecule has 0 saturated heterocycles. The van der Waals surface area contributed by atoms with Crippen molar-refractivity contribution in [2.45, 2.75) is 19.1 Å². The van der Waals surface area contributed by atoms with Crippen molar-refractivity contribution in [3.8, 4) is 0 Å². The predicted molar refractivity (Wildman–Crippen MR) is 66.0 cm³/mol. The van der Waals surface area contributed by atoms with Gasteiger partial charge in [0.1, 0.15) is 6.10 Å². The molecule has 0 saturated carbocycles. The summed E-state index contributed by atoms with van der Waals surface area (Å²) in [5.41, 5.74) is 2.74. The zero-order valence-electron chi connectivity index (χ0n) is 9.77. The molecule has 2 atom stereocenters. The smallest absolute Gasteiger partial charge is 0.106 e. The molecule has 16 heavy (non-hydrogen) atoms. The van der Waals surface area contributed by atoms with Gasteiger partial charge in [-0.3, -0.25) is 0 Å². The van der Waals surface area contributed by atoms with Crippen molar-refractivity contribution < 1.29 is 10.2 Å². The fraction of sp³-hybridized carbons (Fsp3) is 0.385. The number of aliphatic hydroxyl groups excluding tert-OH is 2. The molecule has 0 fully saturated rings. The van der Waals surface area contributed by atoms with Gasteiger partial charge in [0.05, 0.1) is 6.10 Å². The number of nitrogens with one attached hydrogen (secondary N) is 1. The van der Waals surface area contributed by atoms with E-state index in [-0.39, 0.29) is 0 Å². The summed E-state index contributed by atoms with van der Waals surface area (Å²) in [7, 11) is 1.74. The first kappa shape index (κ1) is 12.9. The van der Waals surface area contributed by atoms with Gasteiger partial charge in [-0.15, -0.1) is 0 Å². The van der Waals surface area contributed by atoms with Gasteiger partial charge in [0.15, 0.2) is 0 Å². The van der Waals surface area contributed by atoms with Crippen LogP contribution in [0.5, 0.6) is 0 Å². The van der Waals surface area contributed by atoms with E-state index in [4.69, 9.17) is 0 Å². The van der Waals surface area contributed by atoms with Crippen LogP contribution in [0.3, 0.4) is 0 Å². The van der Waals surface area contributed by atoms with Crippen molar-refractivity contribution in [1.82, 2.24) is 5.32 Å². The molecule has 0 radical (unpaired) electrons. The van der Waals surface area contributed by atoms with E-state index in [1.54, 1.807) is 7.05 Å². The van der Waals surface area contributed by atoms with Crippen LogP contribution in [0.25, 0.3) is 5.57 Å². The predicted octanol–water partition coefficient (Wildman–Crippen LogP) is 1.33. The van der Waals surface area contributed by atoms with Gasteiger partial charge in [-0.1, -0.05) is 36.4 Å². The number of rotatable bonds is 5. The second-order valence-electron chi connectivity index (χ2n) is 3.97. The van der Waals surface area contributed by atoms with Gasteiger partial charge in [-0.2, -0.15) is 0 Å². The molecule has 0 aliphatic rings. The van der Waals surface area contributed by atoms with E-state index in [1.807, 2.05) is 31.2 Å². The van der Waals surface area contributed by atoms with Crippen molar-refractivity contribution in [3.05, 3.63) is 42.0 Å². The first-order valence-corrected chi connectivity index (χ1v) is 5.33. The van der Waals surface area contributed by atoms with Crippen LogP contribution in [0.1, 0.15) is 24.2 Å². The summed E-state index contributed by atoms with van der Waals surface area (Å²) >= 11 is 0. The van der Waals surface area contributed by atoms with Crippen molar-refractivity contribution in [2.24, 2.45) is 0 Å². The van der Waals surface area contributed by atoms with Gasteiger partial charge >= 0.3 is 0 Å². The highest BCUT2D eigenvalue weighted by atomic mass is 16.3. The standard InChI is InChI=1S/C13H19NO2/c1-9(2)10-4-6-11(7-5-10)13(16)12(15)8-14-3/h4-7,12-16H,1,8H2,2-3H3. The molecule has 0 bridgehead atoms. The van der Waals surface area contributed by atoms with Crippen molar-refractivity contribution >= 4 is 5.57 Å². The molecule has 88 valence electrons. The SMILES string of the molecule is C=C(C)c1ccc(C(O)C(O)CNC)cc1. The summed E-state index contributed by atoms with van der Waals surface area (Å²) in [6.45, 7) is 6.14. The molecular weight excluding hydrogens is 202 g/mol. The van der Waals surface area contributed by atoms with Gasteiger partial charge in [-0.25, -0.2) is 0 Å². The molecule has 0 aromatic heterocycles. The van der Waals surface area contributed by atoms with E-state index < -0.39 is 12.2 Å². The van der Waals surface area contributed by atoms with Crippen LogP contribution in [0.15, 0.2) is 30.8 Å². The molecule has 0 aliphatic carbocycles. The Hall–Kier alpha value is -1.16. The Balaban J connectivity index is 2.77. The molecule has 0 heterocycles. The number of hydrogen-bond acceptors (Lipinski definition) is 3. The zero-order chi connectivity index (χ0) is 12.1. The minimum Gasteiger partial charge on any atom is -0.389 e. The molecule has 0 aliphatic heterocycles. The second kappa shape index (κ2) is 5.80. The Morgan fingerprint density at radius 1 is 1.31 bits per heavy atom. The average Bonchev–Trinajstić information content (AvgIpc) is 2.28. The van der Waals surface area contributed by atoms with Gasteiger partial charge < -0.3 is 15.5 Å². The van der Waals surface area contributed by atoms with Crippen LogP contribution in [-0.4, -0.2) is 29.9 Å². The molecule has 3 heteroatoms. The maximum atomic E-state index is 9.84. The maximum absolute atomic E-state index is 9.84. The first-order valence-electron chi connectivity index (χ1n) is 5.33. The Bertz CT molecular complexity index is 345. The molecule has 0 spiro atoms. The molecule has 1 rings (SSSR count). The van der Waals surface area contributed by atoms with E-state index in [1.165, 1.54) is 0 Å². The summed E-state index contributed by atoms with van der Waals surface area (Å²) in [5.74, 6) is 0. The molecule has 1 aromatic carbocycles. The Labute approximate surface area is 96.4 Å². The van der Waals surface area contributed by atoms with E-state index in [0.717, 1.165) is 11.1 Å². The topological polar surface area (TPSA) is 52.5 Å². The van der Waals surface area contributed by atoms with E-state index >= 15 is 0 Å². The van der Waals surface area contributed by atoms with Gasteiger partial charge in [0.25, 0.3) is 0 Å². The maximum Gasteiger partial charge on any atom is 0.106 e. The largest absolute Gasteiger partial charge is 0.389 e. The van der Waals surface area contributed by atoms with Crippen LogP contribution in [0.4, 0.5) is 0 Å². The summed E-state index contributed by atoms with van der Waals surface area (Å²) < 4.78 is 0. The lowest BCUT2D eigenvalue weighted by Gasteiger charge is -2.18. The normalized spacial score (nSPS) is 14.5. The fourth-order valence-electron chi connectivity index (χ4n) is 1.51. The minimum atomic E-state index is -0.855. The highest BCUT2D eigenvalue weighted by Gasteiger charge is 2.17. The number of hydrogen-bond donors (Lipinski definition) is 3. The van der Waals surface area contributed by atoms with Gasteiger partial charge in [-0.05, 0) is 25.1 Å². The van der Waals surface area contributed by atoms with Crippen LogP contribution >= 0.6 is 0 Å². The Morgan fingerprint density at radius 3 is 2.31 bits per heavy atom. The molecule has 1 aromatic rings. The summed E-state index contributed by atoms with van der Waals surface area (Å²) in [5, 5.41) is 22.3. The van der Waals surface area contributed by atoms with Gasteiger partial charge in [0, 0.05) is 6.54 Å². The van der Waals surface area contributed by atoms with Crippen molar-refractivity contribution in [1.29, 1.82) is 0 Å². The third kappa shape index (κ3) is 3.17. The molecular formula is C13H19NO2. The van der Waals surface area contributed by atoms with Crippen LogP contribution in [-0.2, 0) is 0 Å². The van der Waals surface area contributed by atoms with Gasteiger partial charge in [0.2, 0.25) is 0 Å². The highest BCUT2D eigenvalue weighted by Crippen LogP contribution is 2.19. The molecule has 3 N–H and O–H groups in total. The molecule has 3 nitrogen and oxygen atoms in total. The third-order valence-corrected chi connectivity index (χ3v) is 2.52. The average molecular weight is 221 g/mol. The van der Waals surface area contributed by atoms with E-state index in [9.17, 15) is 10.2 Å². The quantitative estimate of drug-likeness (QED) is 0.703. The number of benzene rings is 1. The van der Waals surface area contributed by atoms with E-state index in [2.05, 4.69) is 11.9 Å². The summed E-state index contributed by atoms with van der Waals surface area (Å²) in [6.07, 6.45) is -1.65. The fourth-order valence-corrected chi connectivity index (χ4v) is 1.51. The Kier molecular flexibility index (Phi) is 4.68. The zero-order valence-corrected chi connectivity index (χ0v) is 9.77. The van der Waals surface area contributed by atoms with Crippen LogP contribution in [0, 0.1) is 0 Å². The van der Waals surface area contributed by atoms with Crippen molar-refractivity contribution in [3.63, 3.8) is 0 Å². The lowest BCUT2D eigenvalue weighted by Crippen LogP contribution is -2.29.